The SMILES string of the molecule is Nc1cc(CS(=O)c2cccc(Cl)c2)ccc1Cl. The van der Waals surface area contributed by atoms with Crippen LogP contribution in [0.15, 0.2) is 47.4 Å². The van der Waals surface area contributed by atoms with E-state index >= 15 is 0 Å². The molecule has 0 aliphatic carbocycles. The van der Waals surface area contributed by atoms with Crippen LogP contribution in [0.1, 0.15) is 5.56 Å². The van der Waals surface area contributed by atoms with E-state index in [9.17, 15) is 4.21 Å². The highest BCUT2D eigenvalue weighted by molar-refractivity contribution is 7.84. The van der Waals surface area contributed by atoms with Gasteiger partial charge in [0.1, 0.15) is 0 Å². The molecule has 0 spiro atoms. The fourth-order valence-corrected chi connectivity index (χ4v) is 3.04. The minimum Gasteiger partial charge on any atom is -0.398 e. The van der Waals surface area contributed by atoms with Crippen LogP contribution in [0.4, 0.5) is 5.69 Å². The first-order valence-electron chi connectivity index (χ1n) is 5.24. The average molecular weight is 300 g/mol. The van der Waals surface area contributed by atoms with Crippen LogP contribution in [-0.4, -0.2) is 4.21 Å². The number of hydrogen-bond donors (Lipinski definition) is 1. The van der Waals surface area contributed by atoms with Gasteiger partial charge in [-0.1, -0.05) is 35.3 Å². The van der Waals surface area contributed by atoms with Crippen molar-refractivity contribution in [3.8, 4) is 0 Å². The Kier molecular flexibility index (Phi) is 4.27. The zero-order valence-corrected chi connectivity index (χ0v) is 11.7. The predicted molar refractivity (Wildman–Crippen MR) is 77.4 cm³/mol. The van der Waals surface area contributed by atoms with Gasteiger partial charge in [0.15, 0.2) is 0 Å². The molecule has 2 aromatic carbocycles. The number of hydrogen-bond acceptors (Lipinski definition) is 2. The Bertz CT molecular complexity index is 601. The molecule has 2 nitrogen and oxygen atoms in total. The Morgan fingerprint density at radius 1 is 1.11 bits per heavy atom. The highest BCUT2D eigenvalue weighted by Crippen LogP contribution is 2.22. The van der Waals surface area contributed by atoms with Gasteiger partial charge in [0.2, 0.25) is 0 Å². The van der Waals surface area contributed by atoms with Gasteiger partial charge in [-0.05, 0) is 35.9 Å². The maximum Gasteiger partial charge on any atom is 0.0635 e. The summed E-state index contributed by atoms with van der Waals surface area (Å²) in [5.41, 5.74) is 7.09. The lowest BCUT2D eigenvalue weighted by Crippen LogP contribution is -1.97. The first-order valence-corrected chi connectivity index (χ1v) is 7.31. The van der Waals surface area contributed by atoms with Crippen LogP contribution in [0, 0.1) is 0 Å². The summed E-state index contributed by atoms with van der Waals surface area (Å²) in [4.78, 5) is 0.705. The molecular formula is C13H11Cl2NOS. The van der Waals surface area contributed by atoms with Gasteiger partial charge in [-0.25, -0.2) is 0 Å². The molecule has 2 rings (SSSR count). The van der Waals surface area contributed by atoms with Crippen LogP contribution in [-0.2, 0) is 16.6 Å². The third kappa shape index (κ3) is 3.25. The van der Waals surface area contributed by atoms with Crippen molar-refractivity contribution >= 4 is 39.7 Å². The van der Waals surface area contributed by atoms with Crippen LogP contribution < -0.4 is 5.73 Å². The molecule has 0 aliphatic rings. The number of nitrogen functional groups attached to an aromatic ring is 1. The molecule has 18 heavy (non-hydrogen) atoms. The number of rotatable bonds is 3. The van der Waals surface area contributed by atoms with Crippen LogP contribution >= 0.6 is 23.2 Å². The summed E-state index contributed by atoms with van der Waals surface area (Å²) < 4.78 is 12.1. The molecule has 1 unspecified atom stereocenters. The second kappa shape index (κ2) is 5.74. The molecule has 0 saturated carbocycles. The highest BCUT2D eigenvalue weighted by Gasteiger charge is 2.07. The molecule has 0 aromatic heterocycles. The summed E-state index contributed by atoms with van der Waals surface area (Å²) in [7, 11) is -1.14. The standard InChI is InChI=1S/C13H11Cl2NOS/c14-10-2-1-3-11(7-10)18(17)8-9-4-5-12(15)13(16)6-9/h1-7H,8,16H2. The van der Waals surface area contributed by atoms with Crippen molar-refractivity contribution in [2.75, 3.05) is 5.73 Å². The van der Waals surface area contributed by atoms with Crippen molar-refractivity contribution in [3.05, 3.63) is 58.1 Å². The van der Waals surface area contributed by atoms with Gasteiger partial charge < -0.3 is 5.73 Å². The molecule has 2 aromatic rings. The summed E-state index contributed by atoms with van der Waals surface area (Å²) >= 11 is 11.7. The first-order chi connectivity index (χ1) is 8.56. The topological polar surface area (TPSA) is 43.1 Å². The molecule has 0 amide bonds. The normalized spacial score (nSPS) is 12.3. The van der Waals surface area contributed by atoms with E-state index in [2.05, 4.69) is 0 Å². The van der Waals surface area contributed by atoms with Gasteiger partial charge in [0.05, 0.1) is 27.3 Å². The van der Waals surface area contributed by atoms with Crippen molar-refractivity contribution in [3.63, 3.8) is 0 Å². The number of halogens is 2. The lowest BCUT2D eigenvalue weighted by atomic mass is 10.2. The molecule has 0 radical (unpaired) electrons. The summed E-state index contributed by atoms with van der Waals surface area (Å²) in [5.74, 6) is 0.391. The van der Waals surface area contributed by atoms with E-state index in [1.165, 1.54) is 0 Å². The Hall–Kier alpha value is -1.03. The second-order valence-electron chi connectivity index (χ2n) is 3.80. The van der Waals surface area contributed by atoms with Gasteiger partial charge in [-0.15, -0.1) is 0 Å². The van der Waals surface area contributed by atoms with Crippen LogP contribution in [0.25, 0.3) is 0 Å². The predicted octanol–water partition coefficient (Wildman–Crippen LogP) is 3.88. The molecule has 5 heteroatoms. The number of nitrogens with two attached hydrogens (primary N) is 1. The Morgan fingerprint density at radius 3 is 2.56 bits per heavy atom. The van der Waals surface area contributed by atoms with E-state index in [-0.39, 0.29) is 0 Å². The number of benzene rings is 2. The average Bonchev–Trinajstić information content (AvgIpc) is 2.34. The van der Waals surface area contributed by atoms with Gasteiger partial charge >= 0.3 is 0 Å². The van der Waals surface area contributed by atoms with Gasteiger partial charge in [-0.2, -0.15) is 0 Å². The summed E-state index contributed by atoms with van der Waals surface area (Å²) in [6, 6.07) is 12.3. The van der Waals surface area contributed by atoms with E-state index < -0.39 is 10.8 Å². The van der Waals surface area contributed by atoms with E-state index in [1.54, 1.807) is 36.4 Å². The quantitative estimate of drug-likeness (QED) is 0.874. The number of anilines is 1. The molecule has 0 aliphatic heterocycles. The Balaban J connectivity index is 2.18. The summed E-state index contributed by atoms with van der Waals surface area (Å²) in [6.07, 6.45) is 0. The van der Waals surface area contributed by atoms with E-state index in [4.69, 9.17) is 28.9 Å². The van der Waals surface area contributed by atoms with Crippen molar-refractivity contribution in [1.29, 1.82) is 0 Å². The molecule has 0 heterocycles. The largest absolute Gasteiger partial charge is 0.398 e. The fourth-order valence-electron chi connectivity index (χ4n) is 1.53. The lowest BCUT2D eigenvalue weighted by molar-refractivity contribution is 0.682. The smallest absolute Gasteiger partial charge is 0.0635 e. The summed E-state index contributed by atoms with van der Waals surface area (Å²) in [5, 5.41) is 1.09. The zero-order valence-electron chi connectivity index (χ0n) is 9.40. The maximum atomic E-state index is 12.1. The van der Waals surface area contributed by atoms with Crippen molar-refractivity contribution < 1.29 is 4.21 Å². The third-order valence-electron chi connectivity index (χ3n) is 2.42. The first kappa shape index (κ1) is 13.4. The lowest BCUT2D eigenvalue weighted by Gasteiger charge is -2.05. The minimum atomic E-state index is -1.14. The van der Waals surface area contributed by atoms with Crippen LogP contribution in [0.2, 0.25) is 10.0 Å². The molecule has 0 bridgehead atoms. The van der Waals surface area contributed by atoms with Crippen molar-refractivity contribution in [2.24, 2.45) is 0 Å². The minimum absolute atomic E-state index is 0.391. The monoisotopic (exact) mass is 299 g/mol. The molecule has 1 atom stereocenters. The maximum absolute atomic E-state index is 12.1. The van der Waals surface area contributed by atoms with Crippen molar-refractivity contribution in [1.82, 2.24) is 0 Å². The highest BCUT2D eigenvalue weighted by atomic mass is 35.5. The van der Waals surface area contributed by atoms with Gasteiger partial charge in [0.25, 0.3) is 0 Å². The van der Waals surface area contributed by atoms with E-state index in [0.717, 1.165) is 5.56 Å². The second-order valence-corrected chi connectivity index (χ2v) is 6.10. The van der Waals surface area contributed by atoms with Gasteiger partial charge in [0, 0.05) is 9.92 Å². The van der Waals surface area contributed by atoms with E-state index in [1.807, 2.05) is 6.07 Å². The van der Waals surface area contributed by atoms with Gasteiger partial charge in [-0.3, -0.25) is 4.21 Å². The third-order valence-corrected chi connectivity index (χ3v) is 4.37. The fraction of sp³-hybridized carbons (Fsp3) is 0.0769. The summed E-state index contributed by atoms with van der Waals surface area (Å²) in [6.45, 7) is 0. The molecule has 94 valence electrons. The molecule has 2 N–H and O–H groups in total. The molecular weight excluding hydrogens is 289 g/mol. The van der Waals surface area contributed by atoms with Crippen molar-refractivity contribution in [2.45, 2.75) is 10.6 Å². The Morgan fingerprint density at radius 2 is 1.89 bits per heavy atom. The van der Waals surface area contributed by atoms with Crippen LogP contribution in [0.5, 0.6) is 0 Å². The Labute approximate surface area is 118 Å². The van der Waals surface area contributed by atoms with Crippen LogP contribution in [0.3, 0.4) is 0 Å². The molecule has 0 saturated heterocycles. The zero-order chi connectivity index (χ0) is 13.1. The van der Waals surface area contributed by atoms with E-state index in [0.29, 0.717) is 26.4 Å². The molecule has 0 fully saturated rings.